The van der Waals surface area contributed by atoms with Gasteiger partial charge in [0.1, 0.15) is 0 Å². The fourth-order valence-corrected chi connectivity index (χ4v) is 5.15. The van der Waals surface area contributed by atoms with Crippen molar-refractivity contribution in [1.29, 1.82) is 0 Å². The van der Waals surface area contributed by atoms with Gasteiger partial charge in [-0.05, 0) is 64.5 Å². The van der Waals surface area contributed by atoms with Crippen LogP contribution in [0.15, 0.2) is 126 Å². The summed E-state index contributed by atoms with van der Waals surface area (Å²) in [4.78, 5) is 0.913. The molecule has 0 spiro atoms. The van der Waals surface area contributed by atoms with Crippen molar-refractivity contribution in [2.75, 3.05) is 4.72 Å². The van der Waals surface area contributed by atoms with Crippen LogP contribution in [0.4, 0.5) is 5.69 Å². The van der Waals surface area contributed by atoms with Gasteiger partial charge in [-0.3, -0.25) is 0 Å². The predicted molar refractivity (Wildman–Crippen MR) is 149 cm³/mol. The molecule has 0 fully saturated rings. The number of anilines is 1. The van der Waals surface area contributed by atoms with Gasteiger partial charge in [-0.25, -0.2) is 0 Å². The molecule has 0 bridgehead atoms. The smallest absolute Gasteiger partial charge is 0.0601 e. The minimum atomic E-state index is 0.619. The highest BCUT2D eigenvalue weighted by atomic mass is 35.5. The monoisotopic (exact) mass is 497 g/mol. The molecule has 0 heterocycles. The fourth-order valence-electron chi connectivity index (χ4n) is 3.90. The van der Waals surface area contributed by atoms with E-state index in [0.717, 1.165) is 32.8 Å². The highest BCUT2D eigenvalue weighted by Crippen LogP contribution is 2.43. The number of rotatable bonds is 6. The van der Waals surface area contributed by atoms with Gasteiger partial charge in [0.05, 0.1) is 10.7 Å². The lowest BCUT2D eigenvalue weighted by molar-refractivity contribution is 1.46. The number of nitrogens with one attached hydrogen (secondary N) is 1. The molecule has 34 heavy (non-hydrogen) atoms. The second-order valence-electron chi connectivity index (χ2n) is 7.82. The van der Waals surface area contributed by atoms with Crippen molar-refractivity contribution in [1.82, 2.24) is 0 Å². The van der Waals surface area contributed by atoms with Crippen molar-refractivity contribution in [3.05, 3.63) is 131 Å². The maximum absolute atomic E-state index is 6.47. The summed E-state index contributed by atoms with van der Waals surface area (Å²) in [6.45, 7) is 0. The number of hydrogen-bond acceptors (Lipinski definition) is 2. The van der Waals surface area contributed by atoms with Crippen molar-refractivity contribution < 1.29 is 0 Å². The Balaban J connectivity index is 1.70. The summed E-state index contributed by atoms with van der Waals surface area (Å²) in [7, 11) is 0. The normalized spacial score (nSPS) is 10.8. The van der Waals surface area contributed by atoms with Gasteiger partial charge in [-0.2, -0.15) is 0 Å². The lowest BCUT2D eigenvalue weighted by Crippen LogP contribution is -1.96. The Morgan fingerprint density at radius 2 is 1.00 bits per heavy atom. The van der Waals surface area contributed by atoms with Crippen molar-refractivity contribution in [3.8, 4) is 33.4 Å². The molecule has 0 aromatic heterocycles. The second kappa shape index (κ2) is 10.4. The van der Waals surface area contributed by atoms with Gasteiger partial charge in [0.25, 0.3) is 0 Å². The molecule has 5 aromatic carbocycles. The molecule has 0 amide bonds. The van der Waals surface area contributed by atoms with Crippen molar-refractivity contribution >= 4 is 40.8 Å². The molecule has 4 heteroatoms. The molecular weight excluding hydrogens is 477 g/mol. The maximum Gasteiger partial charge on any atom is 0.0601 e. The van der Waals surface area contributed by atoms with E-state index in [1.54, 1.807) is 6.07 Å². The van der Waals surface area contributed by atoms with E-state index in [4.69, 9.17) is 23.2 Å². The summed E-state index contributed by atoms with van der Waals surface area (Å²) < 4.78 is 3.62. The van der Waals surface area contributed by atoms with Gasteiger partial charge >= 0.3 is 0 Å². The van der Waals surface area contributed by atoms with Gasteiger partial charge in [0.15, 0.2) is 0 Å². The van der Waals surface area contributed by atoms with E-state index in [1.165, 1.54) is 23.1 Å². The van der Waals surface area contributed by atoms with E-state index in [2.05, 4.69) is 89.7 Å². The third-order valence-corrected chi connectivity index (χ3v) is 7.11. The maximum atomic E-state index is 6.47. The van der Waals surface area contributed by atoms with Gasteiger partial charge in [0.2, 0.25) is 0 Å². The van der Waals surface area contributed by atoms with Crippen LogP contribution in [0.25, 0.3) is 33.4 Å². The van der Waals surface area contributed by atoms with E-state index >= 15 is 0 Å². The van der Waals surface area contributed by atoms with Crippen molar-refractivity contribution in [2.45, 2.75) is 4.90 Å². The van der Waals surface area contributed by atoms with Gasteiger partial charge in [0, 0.05) is 21.0 Å². The molecule has 0 aliphatic rings. The van der Waals surface area contributed by atoms with Gasteiger partial charge < -0.3 is 4.72 Å². The molecule has 0 unspecified atom stereocenters. The summed E-state index contributed by atoms with van der Waals surface area (Å²) >= 11 is 14.1. The summed E-state index contributed by atoms with van der Waals surface area (Å²) in [6.07, 6.45) is 0. The van der Waals surface area contributed by atoms with E-state index < -0.39 is 0 Å². The molecule has 0 saturated heterocycles. The average molecular weight is 498 g/mol. The van der Waals surface area contributed by atoms with E-state index in [-0.39, 0.29) is 0 Å². The summed E-state index contributed by atoms with van der Waals surface area (Å²) in [5.41, 5.74) is 7.91. The van der Waals surface area contributed by atoms with Crippen LogP contribution in [0.1, 0.15) is 0 Å². The first-order valence-corrected chi connectivity index (χ1v) is 12.5. The minimum Gasteiger partial charge on any atom is -0.324 e. The van der Waals surface area contributed by atoms with E-state index in [0.29, 0.717) is 10.0 Å². The Morgan fingerprint density at radius 1 is 0.500 bits per heavy atom. The molecule has 5 rings (SSSR count). The van der Waals surface area contributed by atoms with Gasteiger partial charge in [-0.1, -0.05) is 114 Å². The Hall–Kier alpha value is -3.17. The molecule has 0 aliphatic heterocycles. The summed E-state index contributed by atoms with van der Waals surface area (Å²) in [6, 6.07) is 41.5. The van der Waals surface area contributed by atoms with Crippen LogP contribution in [0.2, 0.25) is 10.0 Å². The topological polar surface area (TPSA) is 12.0 Å². The SMILES string of the molecule is Clc1ccc(SNc2c(-c3ccccc3)cc(-c3ccccc3)cc2-c2ccccc2)c(Cl)c1. The highest BCUT2D eigenvalue weighted by Gasteiger charge is 2.16. The molecular formula is C30H21Cl2NS. The zero-order valence-electron chi connectivity index (χ0n) is 18.2. The first-order valence-electron chi connectivity index (χ1n) is 10.9. The van der Waals surface area contributed by atoms with Crippen LogP contribution in [-0.4, -0.2) is 0 Å². The van der Waals surface area contributed by atoms with Crippen LogP contribution in [0.3, 0.4) is 0 Å². The Bertz CT molecular complexity index is 1340. The molecule has 1 nitrogen and oxygen atoms in total. The third kappa shape index (κ3) is 5.00. The molecule has 166 valence electrons. The molecule has 0 radical (unpaired) electrons. The molecule has 5 aromatic rings. The predicted octanol–water partition coefficient (Wildman–Crippen LogP) is 10.1. The Kier molecular flexibility index (Phi) is 6.92. The zero-order chi connectivity index (χ0) is 23.3. The Labute approximate surface area is 214 Å². The fraction of sp³-hybridized carbons (Fsp3) is 0. The molecule has 0 aliphatic carbocycles. The van der Waals surface area contributed by atoms with Crippen LogP contribution in [0.5, 0.6) is 0 Å². The largest absolute Gasteiger partial charge is 0.324 e. The standard InChI is InChI=1S/C30H21Cl2NS/c31-25-16-17-29(28(32)20-25)34-33-30-26(22-12-6-2-7-13-22)18-24(21-10-4-1-5-11-21)19-27(30)23-14-8-3-9-15-23/h1-20,33H. The lowest BCUT2D eigenvalue weighted by Gasteiger charge is -2.19. The van der Waals surface area contributed by atoms with E-state index in [9.17, 15) is 0 Å². The minimum absolute atomic E-state index is 0.619. The lowest BCUT2D eigenvalue weighted by atomic mass is 9.91. The molecule has 0 saturated carbocycles. The molecule has 1 N–H and O–H groups in total. The third-order valence-electron chi connectivity index (χ3n) is 5.57. The van der Waals surface area contributed by atoms with Crippen LogP contribution < -0.4 is 4.72 Å². The van der Waals surface area contributed by atoms with E-state index in [1.807, 2.05) is 30.3 Å². The number of hydrogen-bond donors (Lipinski definition) is 1. The van der Waals surface area contributed by atoms with Crippen LogP contribution >= 0.6 is 35.1 Å². The summed E-state index contributed by atoms with van der Waals surface area (Å²) in [5.74, 6) is 0. The first kappa shape index (κ1) is 22.6. The summed E-state index contributed by atoms with van der Waals surface area (Å²) in [5, 5.41) is 1.24. The second-order valence-corrected chi connectivity index (χ2v) is 9.52. The average Bonchev–Trinajstić information content (AvgIpc) is 2.89. The van der Waals surface area contributed by atoms with Crippen molar-refractivity contribution in [3.63, 3.8) is 0 Å². The highest BCUT2D eigenvalue weighted by molar-refractivity contribution is 8.00. The van der Waals surface area contributed by atoms with Gasteiger partial charge in [-0.15, -0.1) is 0 Å². The number of benzene rings is 5. The van der Waals surface area contributed by atoms with Crippen molar-refractivity contribution in [2.24, 2.45) is 0 Å². The first-order chi connectivity index (χ1) is 16.7. The molecule has 0 atom stereocenters. The van der Waals surface area contributed by atoms with Crippen LogP contribution in [0, 0.1) is 0 Å². The Morgan fingerprint density at radius 3 is 1.50 bits per heavy atom. The van der Waals surface area contributed by atoms with Crippen LogP contribution in [-0.2, 0) is 0 Å². The number of halogens is 2. The quantitative estimate of drug-likeness (QED) is 0.234. The zero-order valence-corrected chi connectivity index (χ0v) is 20.5.